The highest BCUT2D eigenvalue weighted by Crippen LogP contribution is 2.24. The fraction of sp³-hybridized carbons (Fsp3) is 0.500. The number of pyridine rings is 1. The van der Waals surface area contributed by atoms with Gasteiger partial charge >= 0.3 is 0 Å². The molecule has 0 spiro atoms. The van der Waals surface area contributed by atoms with Gasteiger partial charge in [-0.1, -0.05) is 41.5 Å². The highest BCUT2D eigenvalue weighted by atomic mass is 15.3. The second-order valence-corrected chi connectivity index (χ2v) is 7.05. The molecule has 0 radical (unpaired) electrons. The Bertz CT molecular complexity index is 568. The molecule has 0 aliphatic carbocycles. The quantitative estimate of drug-likeness (QED) is 0.776. The summed E-state index contributed by atoms with van der Waals surface area (Å²) in [6, 6.07) is 6.24. The van der Waals surface area contributed by atoms with Gasteiger partial charge in [0.05, 0.1) is 5.69 Å². The summed E-state index contributed by atoms with van der Waals surface area (Å²) in [6.07, 6.45) is 3.84. The van der Waals surface area contributed by atoms with Gasteiger partial charge < -0.3 is 0 Å². The SMILES string of the molecule is CC(C)(C)c1ccnc(-n2ccc(C(C)(C)C)n2)c1. The van der Waals surface area contributed by atoms with Crippen LogP contribution in [-0.2, 0) is 10.8 Å². The van der Waals surface area contributed by atoms with Gasteiger partial charge in [0.1, 0.15) is 0 Å². The fourth-order valence-corrected chi connectivity index (χ4v) is 1.86. The standard InChI is InChI=1S/C16H23N3/c1-15(2,3)12-7-9-17-14(11-12)19-10-8-13(18-19)16(4,5)6/h7-11H,1-6H3. The van der Waals surface area contributed by atoms with Gasteiger partial charge in [-0.05, 0) is 29.2 Å². The van der Waals surface area contributed by atoms with E-state index in [1.807, 2.05) is 17.1 Å². The Morgan fingerprint density at radius 1 is 0.947 bits per heavy atom. The zero-order chi connectivity index (χ0) is 14.3. The minimum Gasteiger partial charge on any atom is -0.237 e. The Kier molecular flexibility index (Phi) is 3.25. The van der Waals surface area contributed by atoms with E-state index in [4.69, 9.17) is 0 Å². The first-order valence-corrected chi connectivity index (χ1v) is 6.71. The molecule has 0 fully saturated rings. The Hall–Kier alpha value is -1.64. The molecule has 0 bridgehead atoms. The first-order valence-electron chi connectivity index (χ1n) is 6.71. The molecule has 2 aromatic heterocycles. The number of hydrogen-bond acceptors (Lipinski definition) is 2. The van der Waals surface area contributed by atoms with Crippen LogP contribution < -0.4 is 0 Å². The van der Waals surface area contributed by atoms with E-state index < -0.39 is 0 Å². The van der Waals surface area contributed by atoms with Crippen molar-refractivity contribution in [2.24, 2.45) is 0 Å². The van der Waals surface area contributed by atoms with Crippen LogP contribution in [0.1, 0.15) is 52.8 Å². The molecule has 0 saturated carbocycles. The molecule has 0 aliphatic rings. The largest absolute Gasteiger partial charge is 0.237 e. The smallest absolute Gasteiger partial charge is 0.153 e. The molecule has 0 aromatic carbocycles. The molecule has 102 valence electrons. The highest BCUT2D eigenvalue weighted by Gasteiger charge is 2.18. The summed E-state index contributed by atoms with van der Waals surface area (Å²) in [6.45, 7) is 13.1. The molecule has 0 amide bonds. The lowest BCUT2D eigenvalue weighted by Gasteiger charge is -2.19. The molecule has 2 rings (SSSR count). The second kappa shape index (κ2) is 4.48. The Balaban J connectivity index is 2.40. The Labute approximate surface area is 115 Å². The molecule has 2 heterocycles. The van der Waals surface area contributed by atoms with Crippen LogP contribution in [0.25, 0.3) is 5.82 Å². The second-order valence-electron chi connectivity index (χ2n) is 7.05. The molecule has 2 aromatic rings. The molecular weight excluding hydrogens is 234 g/mol. The van der Waals surface area contributed by atoms with Crippen LogP contribution in [-0.4, -0.2) is 14.8 Å². The van der Waals surface area contributed by atoms with Gasteiger partial charge in [-0.15, -0.1) is 0 Å². The highest BCUT2D eigenvalue weighted by molar-refractivity contribution is 5.31. The fourth-order valence-electron chi connectivity index (χ4n) is 1.86. The topological polar surface area (TPSA) is 30.7 Å². The van der Waals surface area contributed by atoms with Crippen molar-refractivity contribution >= 4 is 0 Å². The van der Waals surface area contributed by atoms with Crippen molar-refractivity contribution in [3.63, 3.8) is 0 Å². The van der Waals surface area contributed by atoms with Crippen molar-refractivity contribution in [2.75, 3.05) is 0 Å². The molecule has 0 N–H and O–H groups in total. The summed E-state index contributed by atoms with van der Waals surface area (Å²) in [4.78, 5) is 4.42. The van der Waals surface area contributed by atoms with Crippen LogP contribution in [0.15, 0.2) is 30.6 Å². The van der Waals surface area contributed by atoms with E-state index >= 15 is 0 Å². The molecule has 0 unspecified atom stereocenters. The van der Waals surface area contributed by atoms with Crippen molar-refractivity contribution in [3.05, 3.63) is 41.9 Å². The lowest BCUT2D eigenvalue weighted by Crippen LogP contribution is -2.14. The van der Waals surface area contributed by atoms with Crippen LogP contribution in [0.3, 0.4) is 0 Å². The zero-order valence-electron chi connectivity index (χ0n) is 12.7. The molecule has 0 aliphatic heterocycles. The maximum atomic E-state index is 4.63. The van der Waals surface area contributed by atoms with Gasteiger partial charge in [0, 0.05) is 17.8 Å². The van der Waals surface area contributed by atoms with Gasteiger partial charge in [-0.2, -0.15) is 5.10 Å². The number of nitrogens with zero attached hydrogens (tertiary/aromatic N) is 3. The minimum absolute atomic E-state index is 0.0624. The molecular formula is C16H23N3. The van der Waals surface area contributed by atoms with Crippen molar-refractivity contribution in [1.29, 1.82) is 0 Å². The molecule has 0 atom stereocenters. The van der Waals surface area contributed by atoms with E-state index in [1.165, 1.54) is 5.56 Å². The Morgan fingerprint density at radius 2 is 1.63 bits per heavy atom. The first-order chi connectivity index (χ1) is 8.68. The summed E-state index contributed by atoms with van der Waals surface area (Å²) in [7, 11) is 0. The van der Waals surface area contributed by atoms with Crippen molar-refractivity contribution < 1.29 is 0 Å². The summed E-state index contributed by atoms with van der Waals surface area (Å²) in [5.74, 6) is 0.878. The maximum Gasteiger partial charge on any atom is 0.153 e. The zero-order valence-corrected chi connectivity index (χ0v) is 12.7. The van der Waals surface area contributed by atoms with Crippen LogP contribution >= 0.6 is 0 Å². The predicted molar refractivity (Wildman–Crippen MR) is 78.8 cm³/mol. The number of aromatic nitrogens is 3. The monoisotopic (exact) mass is 257 g/mol. The Morgan fingerprint density at radius 3 is 2.16 bits per heavy atom. The van der Waals surface area contributed by atoms with E-state index in [2.05, 4.69) is 69.8 Å². The van der Waals surface area contributed by atoms with Crippen molar-refractivity contribution in [2.45, 2.75) is 52.4 Å². The van der Waals surface area contributed by atoms with E-state index in [-0.39, 0.29) is 10.8 Å². The van der Waals surface area contributed by atoms with E-state index in [1.54, 1.807) is 0 Å². The summed E-state index contributed by atoms with van der Waals surface area (Å²) in [5, 5.41) is 4.63. The van der Waals surface area contributed by atoms with Gasteiger partial charge in [-0.3, -0.25) is 0 Å². The van der Waals surface area contributed by atoms with Gasteiger partial charge in [0.25, 0.3) is 0 Å². The van der Waals surface area contributed by atoms with Crippen molar-refractivity contribution in [3.8, 4) is 5.82 Å². The molecule has 19 heavy (non-hydrogen) atoms. The predicted octanol–water partition coefficient (Wildman–Crippen LogP) is 3.86. The van der Waals surface area contributed by atoms with Gasteiger partial charge in [0.2, 0.25) is 0 Å². The van der Waals surface area contributed by atoms with Crippen LogP contribution in [0.5, 0.6) is 0 Å². The van der Waals surface area contributed by atoms with Crippen LogP contribution in [0.2, 0.25) is 0 Å². The van der Waals surface area contributed by atoms with E-state index in [0.717, 1.165) is 11.5 Å². The third-order valence-corrected chi connectivity index (χ3v) is 3.20. The van der Waals surface area contributed by atoms with E-state index in [9.17, 15) is 0 Å². The average Bonchev–Trinajstić information content (AvgIpc) is 2.77. The van der Waals surface area contributed by atoms with Crippen molar-refractivity contribution in [1.82, 2.24) is 14.8 Å². The van der Waals surface area contributed by atoms with Gasteiger partial charge in [0.15, 0.2) is 5.82 Å². The molecule has 3 heteroatoms. The average molecular weight is 257 g/mol. The normalized spacial score (nSPS) is 12.7. The summed E-state index contributed by atoms with van der Waals surface area (Å²) in [5.41, 5.74) is 2.53. The third-order valence-electron chi connectivity index (χ3n) is 3.20. The summed E-state index contributed by atoms with van der Waals surface area (Å²) >= 11 is 0. The minimum atomic E-state index is 0.0624. The molecule has 3 nitrogen and oxygen atoms in total. The summed E-state index contributed by atoms with van der Waals surface area (Å²) < 4.78 is 1.86. The van der Waals surface area contributed by atoms with Crippen LogP contribution in [0, 0.1) is 0 Å². The van der Waals surface area contributed by atoms with E-state index in [0.29, 0.717) is 0 Å². The van der Waals surface area contributed by atoms with Crippen LogP contribution in [0.4, 0.5) is 0 Å². The number of rotatable bonds is 1. The maximum absolute atomic E-state index is 4.63. The third kappa shape index (κ3) is 3.03. The molecule has 0 saturated heterocycles. The van der Waals surface area contributed by atoms with Gasteiger partial charge in [-0.25, -0.2) is 9.67 Å². The number of hydrogen-bond donors (Lipinski definition) is 0. The lowest BCUT2D eigenvalue weighted by atomic mass is 9.88. The first kappa shape index (κ1) is 13.8. The lowest BCUT2D eigenvalue weighted by molar-refractivity contribution is 0.558.